The number of likely N-dealkylation sites (tertiary alicyclic amines) is 1. The van der Waals surface area contributed by atoms with Gasteiger partial charge in [0.1, 0.15) is 0 Å². The molecule has 0 saturated carbocycles. The van der Waals surface area contributed by atoms with Gasteiger partial charge in [-0.05, 0) is 32.3 Å². The van der Waals surface area contributed by atoms with E-state index in [2.05, 4.69) is 10.1 Å². The normalized spacial score (nSPS) is 16.3. The van der Waals surface area contributed by atoms with Gasteiger partial charge in [0.05, 0.1) is 11.1 Å². The molecule has 1 amide bonds. The minimum atomic E-state index is -2.60. The Morgan fingerprint density at radius 1 is 1.42 bits per heavy atom. The van der Waals surface area contributed by atoms with E-state index in [-0.39, 0.29) is 23.1 Å². The van der Waals surface area contributed by atoms with E-state index < -0.39 is 6.43 Å². The summed E-state index contributed by atoms with van der Waals surface area (Å²) in [5.41, 5.74) is 1.14. The zero-order valence-electron chi connectivity index (χ0n) is 13.9. The maximum atomic E-state index is 13.4. The van der Waals surface area contributed by atoms with Crippen molar-refractivity contribution in [2.45, 2.75) is 51.9 Å². The van der Waals surface area contributed by atoms with Gasteiger partial charge in [-0.25, -0.2) is 13.8 Å². The van der Waals surface area contributed by atoms with Gasteiger partial charge in [0.2, 0.25) is 5.91 Å². The third kappa shape index (κ3) is 3.12. The predicted molar refractivity (Wildman–Crippen MR) is 85.0 cm³/mol. The third-order valence-electron chi connectivity index (χ3n) is 4.63. The highest BCUT2D eigenvalue weighted by atomic mass is 19.3. The molecule has 5 nitrogen and oxygen atoms in total. The maximum absolute atomic E-state index is 13.4. The molecular weight excluding hydrogens is 316 g/mol. The maximum Gasteiger partial charge on any atom is 0.264 e. The lowest BCUT2D eigenvalue weighted by Gasteiger charge is -2.32. The zero-order chi connectivity index (χ0) is 17.3. The van der Waals surface area contributed by atoms with Crippen molar-refractivity contribution in [1.29, 1.82) is 0 Å². The molecule has 1 saturated heterocycles. The van der Waals surface area contributed by atoms with Gasteiger partial charge >= 0.3 is 0 Å². The SMILES string of the molecule is CCCC(=O)N1CCC(c2cc(C(F)F)c3c(C)noc3n2)CC1. The van der Waals surface area contributed by atoms with Crippen LogP contribution in [-0.4, -0.2) is 34.0 Å². The van der Waals surface area contributed by atoms with Crippen molar-refractivity contribution < 1.29 is 18.1 Å². The molecule has 0 N–H and O–H groups in total. The van der Waals surface area contributed by atoms with Crippen LogP contribution in [0.4, 0.5) is 8.78 Å². The summed E-state index contributed by atoms with van der Waals surface area (Å²) < 4.78 is 31.9. The van der Waals surface area contributed by atoms with Crippen LogP contribution in [0.1, 0.15) is 61.9 Å². The van der Waals surface area contributed by atoms with Crippen LogP contribution in [0.5, 0.6) is 0 Å². The summed E-state index contributed by atoms with van der Waals surface area (Å²) in [4.78, 5) is 18.2. The van der Waals surface area contributed by atoms with Gasteiger partial charge in [0, 0.05) is 36.7 Å². The Kier molecular flexibility index (Phi) is 4.78. The van der Waals surface area contributed by atoms with Crippen LogP contribution < -0.4 is 0 Å². The molecule has 0 radical (unpaired) electrons. The molecule has 3 rings (SSSR count). The Balaban J connectivity index is 1.82. The van der Waals surface area contributed by atoms with Gasteiger partial charge in [0.25, 0.3) is 12.1 Å². The first-order valence-corrected chi connectivity index (χ1v) is 8.34. The Bertz CT molecular complexity index is 737. The topological polar surface area (TPSA) is 59.2 Å². The van der Waals surface area contributed by atoms with Crippen LogP contribution in [-0.2, 0) is 4.79 Å². The Morgan fingerprint density at radius 3 is 2.75 bits per heavy atom. The van der Waals surface area contributed by atoms with E-state index in [1.54, 1.807) is 6.92 Å². The van der Waals surface area contributed by atoms with E-state index in [0.29, 0.717) is 36.3 Å². The number of pyridine rings is 1. The molecule has 0 bridgehead atoms. The second-order valence-electron chi connectivity index (χ2n) is 6.29. The Morgan fingerprint density at radius 2 is 2.12 bits per heavy atom. The molecule has 0 unspecified atom stereocenters. The molecule has 0 aromatic carbocycles. The number of carbonyl (C=O) groups is 1. The number of fused-ring (bicyclic) bond motifs is 1. The second kappa shape index (κ2) is 6.83. The fourth-order valence-corrected chi connectivity index (χ4v) is 3.33. The fraction of sp³-hybridized carbons (Fsp3) is 0.588. The number of nitrogens with zero attached hydrogens (tertiary/aromatic N) is 3. The summed E-state index contributed by atoms with van der Waals surface area (Å²) in [6.45, 7) is 4.90. The number of hydrogen-bond donors (Lipinski definition) is 0. The van der Waals surface area contributed by atoms with E-state index >= 15 is 0 Å². The van der Waals surface area contributed by atoms with Gasteiger partial charge in [0.15, 0.2) is 0 Å². The molecule has 1 aliphatic heterocycles. The lowest BCUT2D eigenvalue weighted by Crippen LogP contribution is -2.37. The number of carbonyl (C=O) groups excluding carboxylic acids is 1. The highest BCUT2D eigenvalue weighted by molar-refractivity contribution is 5.80. The summed E-state index contributed by atoms with van der Waals surface area (Å²) in [5, 5.41) is 4.07. The molecule has 0 aliphatic carbocycles. The van der Waals surface area contributed by atoms with Gasteiger partial charge in [-0.15, -0.1) is 0 Å². The minimum absolute atomic E-state index is 0.0583. The number of amides is 1. The number of piperidine rings is 1. The summed E-state index contributed by atoms with van der Waals surface area (Å²) >= 11 is 0. The molecule has 7 heteroatoms. The lowest BCUT2D eigenvalue weighted by atomic mass is 9.91. The van der Waals surface area contributed by atoms with E-state index in [9.17, 15) is 13.6 Å². The largest absolute Gasteiger partial charge is 0.343 e. The molecular formula is C17H21F2N3O2. The van der Waals surface area contributed by atoms with Gasteiger partial charge in [-0.3, -0.25) is 4.79 Å². The number of aryl methyl sites for hydroxylation is 1. The molecule has 2 aromatic heterocycles. The molecule has 2 aromatic rings. The molecule has 1 aliphatic rings. The van der Waals surface area contributed by atoms with Crippen LogP contribution in [0.2, 0.25) is 0 Å². The van der Waals surface area contributed by atoms with Crippen molar-refractivity contribution in [2.75, 3.05) is 13.1 Å². The molecule has 3 heterocycles. The standard InChI is InChI=1S/C17H21F2N3O2/c1-3-4-14(23)22-7-5-11(6-8-22)13-9-12(16(18)19)15-10(2)21-24-17(15)20-13/h9,11,16H,3-8H2,1-2H3. The van der Waals surface area contributed by atoms with Crippen molar-refractivity contribution in [3.63, 3.8) is 0 Å². The quantitative estimate of drug-likeness (QED) is 0.847. The smallest absolute Gasteiger partial charge is 0.264 e. The van der Waals surface area contributed by atoms with E-state index in [1.807, 2.05) is 11.8 Å². The summed E-state index contributed by atoms with van der Waals surface area (Å²) in [6, 6.07) is 1.48. The van der Waals surface area contributed by atoms with Crippen molar-refractivity contribution >= 4 is 17.0 Å². The van der Waals surface area contributed by atoms with E-state index in [4.69, 9.17) is 4.52 Å². The number of halogens is 2. The van der Waals surface area contributed by atoms with Crippen molar-refractivity contribution in [1.82, 2.24) is 15.0 Å². The molecule has 24 heavy (non-hydrogen) atoms. The van der Waals surface area contributed by atoms with E-state index in [1.165, 1.54) is 6.07 Å². The zero-order valence-corrected chi connectivity index (χ0v) is 13.9. The van der Waals surface area contributed by atoms with Gasteiger partial charge in [-0.1, -0.05) is 12.1 Å². The molecule has 130 valence electrons. The Hall–Kier alpha value is -2.05. The number of rotatable bonds is 4. The first-order valence-electron chi connectivity index (χ1n) is 8.34. The first kappa shape index (κ1) is 16.8. The number of aromatic nitrogens is 2. The minimum Gasteiger partial charge on any atom is -0.343 e. The third-order valence-corrected chi connectivity index (χ3v) is 4.63. The highest BCUT2D eigenvalue weighted by Crippen LogP contribution is 2.34. The average molecular weight is 337 g/mol. The van der Waals surface area contributed by atoms with Crippen molar-refractivity contribution in [3.8, 4) is 0 Å². The summed E-state index contributed by atoms with van der Waals surface area (Å²) in [5.74, 6) is 0.224. The van der Waals surface area contributed by atoms with E-state index in [0.717, 1.165) is 19.3 Å². The van der Waals surface area contributed by atoms with Crippen molar-refractivity contribution in [3.05, 3.63) is 23.0 Å². The monoisotopic (exact) mass is 337 g/mol. The summed E-state index contributed by atoms with van der Waals surface area (Å²) in [6.07, 6.45) is 0.244. The second-order valence-corrected chi connectivity index (χ2v) is 6.29. The van der Waals surface area contributed by atoms with Crippen LogP contribution in [0, 0.1) is 6.92 Å². The first-order chi connectivity index (χ1) is 11.5. The van der Waals surface area contributed by atoms with Gasteiger partial charge < -0.3 is 9.42 Å². The van der Waals surface area contributed by atoms with Crippen LogP contribution >= 0.6 is 0 Å². The van der Waals surface area contributed by atoms with Crippen LogP contribution in [0.15, 0.2) is 10.6 Å². The number of alkyl halides is 2. The fourth-order valence-electron chi connectivity index (χ4n) is 3.33. The lowest BCUT2D eigenvalue weighted by molar-refractivity contribution is -0.132. The van der Waals surface area contributed by atoms with Gasteiger partial charge in [-0.2, -0.15) is 0 Å². The molecule has 1 fully saturated rings. The Labute approximate surface area is 139 Å². The predicted octanol–water partition coefficient (Wildman–Crippen LogP) is 3.97. The van der Waals surface area contributed by atoms with Crippen LogP contribution in [0.25, 0.3) is 11.1 Å². The average Bonchev–Trinajstić information content (AvgIpc) is 2.95. The van der Waals surface area contributed by atoms with Crippen LogP contribution in [0.3, 0.4) is 0 Å². The van der Waals surface area contributed by atoms with Crippen molar-refractivity contribution in [2.24, 2.45) is 0 Å². The number of hydrogen-bond acceptors (Lipinski definition) is 4. The molecule has 0 atom stereocenters. The summed E-state index contributed by atoms with van der Waals surface area (Å²) in [7, 11) is 0. The molecule has 0 spiro atoms. The highest BCUT2D eigenvalue weighted by Gasteiger charge is 2.27.